The standard InChI is InChI=1S/C17H15BrFNO/c18-15-8-2-6-13-11-20(17(21)16(13)15)9-3-5-12-4-1-7-14(19)10-12/h1-2,4,6-8,10-11,21H,3,5,9H2. The van der Waals surface area contributed by atoms with Crippen LogP contribution in [-0.4, -0.2) is 9.67 Å². The highest BCUT2D eigenvalue weighted by atomic mass is 79.9. The number of hydrogen-bond donors (Lipinski definition) is 1. The van der Waals surface area contributed by atoms with Crippen molar-refractivity contribution in [2.45, 2.75) is 19.4 Å². The number of halogens is 2. The zero-order valence-corrected chi connectivity index (χ0v) is 13.0. The maximum Gasteiger partial charge on any atom is 0.200 e. The number of rotatable bonds is 4. The molecule has 0 saturated heterocycles. The van der Waals surface area contributed by atoms with Crippen LogP contribution in [-0.2, 0) is 13.0 Å². The largest absolute Gasteiger partial charge is 0.494 e. The average molecular weight is 348 g/mol. The maximum absolute atomic E-state index is 13.1. The van der Waals surface area contributed by atoms with E-state index >= 15 is 0 Å². The summed E-state index contributed by atoms with van der Waals surface area (Å²) in [5.74, 6) is 0.0719. The molecule has 3 rings (SSSR count). The van der Waals surface area contributed by atoms with Crippen molar-refractivity contribution >= 4 is 26.7 Å². The lowest BCUT2D eigenvalue weighted by Crippen LogP contribution is -1.97. The van der Waals surface area contributed by atoms with Crippen LogP contribution in [0.5, 0.6) is 5.88 Å². The summed E-state index contributed by atoms with van der Waals surface area (Å²) in [6.07, 6.45) is 3.57. The van der Waals surface area contributed by atoms with E-state index in [1.54, 1.807) is 12.1 Å². The highest BCUT2D eigenvalue weighted by molar-refractivity contribution is 9.10. The van der Waals surface area contributed by atoms with Crippen LogP contribution in [0.1, 0.15) is 12.0 Å². The second kappa shape index (κ2) is 5.90. The molecule has 0 unspecified atom stereocenters. The zero-order chi connectivity index (χ0) is 14.8. The molecule has 2 nitrogen and oxygen atoms in total. The van der Waals surface area contributed by atoms with Crippen molar-refractivity contribution in [2.24, 2.45) is 0 Å². The third-order valence-corrected chi connectivity index (χ3v) is 4.25. The first-order chi connectivity index (χ1) is 10.1. The van der Waals surface area contributed by atoms with Crippen molar-refractivity contribution in [1.82, 2.24) is 4.57 Å². The number of aromatic nitrogens is 1. The molecule has 0 amide bonds. The summed E-state index contributed by atoms with van der Waals surface area (Å²) in [6, 6.07) is 12.5. The molecule has 0 atom stereocenters. The van der Waals surface area contributed by atoms with Crippen LogP contribution in [0.2, 0.25) is 0 Å². The molecule has 0 fully saturated rings. The molecular formula is C17H15BrFNO. The van der Waals surface area contributed by atoms with Crippen LogP contribution in [0.3, 0.4) is 0 Å². The Labute approximate surface area is 131 Å². The lowest BCUT2D eigenvalue weighted by atomic mass is 10.1. The second-order valence-corrected chi connectivity index (χ2v) is 5.94. The SMILES string of the molecule is Oc1c2c(Br)cccc2cn1CCCc1cccc(F)c1. The summed E-state index contributed by atoms with van der Waals surface area (Å²) in [7, 11) is 0. The Morgan fingerprint density at radius 2 is 1.95 bits per heavy atom. The maximum atomic E-state index is 13.1. The van der Waals surface area contributed by atoms with Crippen LogP contribution in [0, 0.1) is 5.82 Å². The van der Waals surface area contributed by atoms with E-state index in [1.807, 2.05) is 35.0 Å². The van der Waals surface area contributed by atoms with E-state index in [0.717, 1.165) is 33.7 Å². The van der Waals surface area contributed by atoms with E-state index in [0.29, 0.717) is 6.54 Å². The second-order valence-electron chi connectivity index (χ2n) is 5.08. The normalized spacial score (nSPS) is 11.1. The van der Waals surface area contributed by atoms with E-state index in [4.69, 9.17) is 0 Å². The number of nitrogens with zero attached hydrogens (tertiary/aromatic N) is 1. The first-order valence-electron chi connectivity index (χ1n) is 6.86. The van der Waals surface area contributed by atoms with Gasteiger partial charge in [-0.3, -0.25) is 0 Å². The van der Waals surface area contributed by atoms with Crippen molar-refractivity contribution in [3.05, 3.63) is 64.5 Å². The summed E-state index contributed by atoms with van der Waals surface area (Å²) in [6.45, 7) is 0.698. The van der Waals surface area contributed by atoms with Gasteiger partial charge in [0.05, 0.1) is 5.39 Å². The van der Waals surface area contributed by atoms with Gasteiger partial charge in [-0.1, -0.05) is 24.3 Å². The summed E-state index contributed by atoms with van der Waals surface area (Å²) < 4.78 is 15.8. The molecule has 0 radical (unpaired) electrons. The fourth-order valence-corrected chi connectivity index (χ4v) is 3.13. The van der Waals surface area contributed by atoms with Crippen molar-refractivity contribution in [3.8, 4) is 5.88 Å². The van der Waals surface area contributed by atoms with Gasteiger partial charge < -0.3 is 9.67 Å². The highest BCUT2D eigenvalue weighted by Gasteiger charge is 2.10. The molecular weight excluding hydrogens is 333 g/mol. The molecule has 0 aliphatic heterocycles. The fraction of sp³-hybridized carbons (Fsp3) is 0.176. The lowest BCUT2D eigenvalue weighted by Gasteiger charge is -2.05. The van der Waals surface area contributed by atoms with Gasteiger partial charge in [-0.25, -0.2) is 4.39 Å². The minimum Gasteiger partial charge on any atom is -0.494 e. The summed E-state index contributed by atoms with van der Waals surface area (Å²) in [5.41, 5.74) is 0.979. The Bertz CT molecular complexity index is 782. The molecule has 0 bridgehead atoms. The van der Waals surface area contributed by atoms with Crippen molar-refractivity contribution in [3.63, 3.8) is 0 Å². The minimum absolute atomic E-state index is 0.203. The van der Waals surface area contributed by atoms with Gasteiger partial charge in [-0.05, 0) is 52.5 Å². The molecule has 0 aliphatic rings. The quantitative estimate of drug-likeness (QED) is 0.714. The number of fused-ring (bicyclic) bond motifs is 1. The monoisotopic (exact) mass is 347 g/mol. The molecule has 1 N–H and O–H groups in total. The molecule has 0 saturated carbocycles. The molecule has 0 spiro atoms. The summed E-state index contributed by atoms with van der Waals surface area (Å²) in [5, 5.41) is 12.1. The molecule has 1 heterocycles. The van der Waals surface area contributed by atoms with E-state index in [9.17, 15) is 9.50 Å². The van der Waals surface area contributed by atoms with Crippen LogP contribution in [0.25, 0.3) is 10.8 Å². The van der Waals surface area contributed by atoms with Crippen LogP contribution < -0.4 is 0 Å². The molecule has 1 aromatic heterocycles. The van der Waals surface area contributed by atoms with Gasteiger partial charge in [0, 0.05) is 22.6 Å². The van der Waals surface area contributed by atoms with Gasteiger partial charge in [0.2, 0.25) is 0 Å². The van der Waals surface area contributed by atoms with Crippen molar-refractivity contribution < 1.29 is 9.50 Å². The predicted molar refractivity (Wildman–Crippen MR) is 86.0 cm³/mol. The Morgan fingerprint density at radius 3 is 2.71 bits per heavy atom. The van der Waals surface area contributed by atoms with Crippen molar-refractivity contribution in [2.75, 3.05) is 0 Å². The number of hydrogen-bond acceptors (Lipinski definition) is 1. The highest BCUT2D eigenvalue weighted by Crippen LogP contribution is 2.33. The fourth-order valence-electron chi connectivity index (χ4n) is 2.57. The molecule has 4 heteroatoms. The average Bonchev–Trinajstić information content (AvgIpc) is 2.77. The minimum atomic E-state index is -0.203. The topological polar surface area (TPSA) is 25.2 Å². The molecule has 0 aliphatic carbocycles. The summed E-state index contributed by atoms with van der Waals surface area (Å²) in [4.78, 5) is 0. The van der Waals surface area contributed by atoms with Crippen LogP contribution >= 0.6 is 15.9 Å². The molecule has 21 heavy (non-hydrogen) atoms. The molecule has 2 aromatic carbocycles. The smallest absolute Gasteiger partial charge is 0.200 e. The van der Waals surface area contributed by atoms with Gasteiger partial charge in [0.1, 0.15) is 5.82 Å². The van der Waals surface area contributed by atoms with Gasteiger partial charge in [0.15, 0.2) is 5.88 Å². The zero-order valence-electron chi connectivity index (χ0n) is 11.4. The van der Waals surface area contributed by atoms with Gasteiger partial charge >= 0.3 is 0 Å². The van der Waals surface area contributed by atoms with E-state index in [1.165, 1.54) is 6.07 Å². The molecule has 3 aromatic rings. The Hall–Kier alpha value is -1.81. The number of aromatic hydroxyl groups is 1. The summed E-state index contributed by atoms with van der Waals surface area (Å²) >= 11 is 3.46. The lowest BCUT2D eigenvalue weighted by molar-refractivity contribution is 0.418. The first kappa shape index (κ1) is 14.1. The predicted octanol–water partition coefficient (Wildman–Crippen LogP) is 4.88. The van der Waals surface area contributed by atoms with Gasteiger partial charge in [-0.15, -0.1) is 0 Å². The van der Waals surface area contributed by atoms with E-state index < -0.39 is 0 Å². The number of benzene rings is 2. The Morgan fingerprint density at radius 1 is 1.14 bits per heavy atom. The Balaban J connectivity index is 1.74. The Kier molecular flexibility index (Phi) is 3.97. The van der Waals surface area contributed by atoms with Gasteiger partial charge in [-0.2, -0.15) is 0 Å². The molecule has 108 valence electrons. The van der Waals surface area contributed by atoms with Crippen LogP contribution in [0.15, 0.2) is 53.1 Å². The first-order valence-corrected chi connectivity index (χ1v) is 7.65. The third-order valence-electron chi connectivity index (χ3n) is 3.59. The van der Waals surface area contributed by atoms with E-state index in [-0.39, 0.29) is 11.7 Å². The van der Waals surface area contributed by atoms with Gasteiger partial charge in [0.25, 0.3) is 0 Å². The van der Waals surface area contributed by atoms with Crippen molar-refractivity contribution in [1.29, 1.82) is 0 Å². The number of aryl methyl sites for hydroxylation is 2. The third kappa shape index (κ3) is 2.95. The van der Waals surface area contributed by atoms with Crippen LogP contribution in [0.4, 0.5) is 4.39 Å². The van der Waals surface area contributed by atoms with E-state index in [2.05, 4.69) is 15.9 Å².